The molecule has 7 heteroatoms. The number of hydrogen-bond acceptors (Lipinski definition) is 4. The van der Waals surface area contributed by atoms with Crippen molar-refractivity contribution in [3.63, 3.8) is 0 Å². The standard InChI is InChI=1S/C21H26N2O4S/c1-2-27-20-11-6-5-10-19(20)21(24)22-13-7-15-28(25,26)23-14-12-17-8-3-4-9-18(17)16-23/h3-6,8-11H,2,7,12-16H2,1H3,(H,22,24). The zero-order valence-electron chi connectivity index (χ0n) is 16.1. The molecule has 2 aromatic rings. The summed E-state index contributed by atoms with van der Waals surface area (Å²) in [4.78, 5) is 12.4. The third-order valence-electron chi connectivity index (χ3n) is 4.79. The SMILES string of the molecule is CCOc1ccccc1C(=O)NCCCS(=O)(=O)N1CCc2ccccc2C1. The van der Waals surface area contributed by atoms with Gasteiger partial charge in [0.15, 0.2) is 0 Å². The van der Waals surface area contributed by atoms with Gasteiger partial charge >= 0.3 is 0 Å². The van der Waals surface area contributed by atoms with Gasteiger partial charge in [-0.15, -0.1) is 0 Å². The number of nitrogens with one attached hydrogen (secondary N) is 1. The van der Waals surface area contributed by atoms with Crippen molar-refractivity contribution in [3.05, 3.63) is 65.2 Å². The van der Waals surface area contributed by atoms with E-state index in [0.29, 0.717) is 44.0 Å². The van der Waals surface area contributed by atoms with Crippen LogP contribution in [0.25, 0.3) is 0 Å². The molecule has 0 bridgehead atoms. The number of hydrogen-bond donors (Lipinski definition) is 1. The minimum absolute atomic E-state index is 0.0164. The van der Waals surface area contributed by atoms with E-state index in [0.717, 1.165) is 12.0 Å². The molecule has 1 amide bonds. The van der Waals surface area contributed by atoms with Gasteiger partial charge in [-0.3, -0.25) is 4.79 Å². The number of carbonyl (C=O) groups excluding carboxylic acids is 1. The predicted molar refractivity (Wildman–Crippen MR) is 109 cm³/mol. The van der Waals surface area contributed by atoms with Crippen LogP contribution in [0.3, 0.4) is 0 Å². The van der Waals surface area contributed by atoms with Crippen molar-refractivity contribution >= 4 is 15.9 Å². The number of para-hydroxylation sites is 1. The van der Waals surface area contributed by atoms with Crippen molar-refractivity contribution in [3.8, 4) is 5.75 Å². The molecule has 0 aromatic heterocycles. The minimum Gasteiger partial charge on any atom is -0.493 e. The zero-order valence-corrected chi connectivity index (χ0v) is 16.9. The first-order chi connectivity index (χ1) is 13.5. The highest BCUT2D eigenvalue weighted by Gasteiger charge is 2.26. The number of amides is 1. The molecule has 1 heterocycles. The zero-order chi connectivity index (χ0) is 20.0. The summed E-state index contributed by atoms with van der Waals surface area (Å²) in [6.45, 7) is 3.56. The normalized spacial score (nSPS) is 14.3. The Morgan fingerprint density at radius 1 is 1.11 bits per heavy atom. The van der Waals surface area contributed by atoms with E-state index in [1.165, 1.54) is 5.56 Å². The third-order valence-corrected chi connectivity index (χ3v) is 6.69. The van der Waals surface area contributed by atoms with Gasteiger partial charge in [0.2, 0.25) is 10.0 Å². The van der Waals surface area contributed by atoms with Crippen LogP contribution in [0.15, 0.2) is 48.5 Å². The predicted octanol–water partition coefficient (Wildman–Crippen LogP) is 2.59. The van der Waals surface area contributed by atoms with E-state index in [4.69, 9.17) is 4.74 Å². The summed E-state index contributed by atoms with van der Waals surface area (Å²) in [5, 5.41) is 2.79. The molecule has 1 aliphatic rings. The van der Waals surface area contributed by atoms with Crippen molar-refractivity contribution < 1.29 is 17.9 Å². The highest BCUT2D eigenvalue weighted by molar-refractivity contribution is 7.89. The molecule has 6 nitrogen and oxygen atoms in total. The van der Waals surface area contributed by atoms with Gasteiger partial charge in [-0.1, -0.05) is 36.4 Å². The van der Waals surface area contributed by atoms with Gasteiger partial charge in [-0.25, -0.2) is 8.42 Å². The first kappa shape index (κ1) is 20.4. The molecule has 2 aromatic carbocycles. The summed E-state index contributed by atoms with van der Waals surface area (Å²) in [6.07, 6.45) is 1.10. The summed E-state index contributed by atoms with van der Waals surface area (Å²) in [5.74, 6) is 0.290. The number of sulfonamides is 1. The maximum Gasteiger partial charge on any atom is 0.255 e. The summed E-state index contributed by atoms with van der Waals surface area (Å²) < 4.78 is 32.3. The fraction of sp³-hybridized carbons (Fsp3) is 0.381. The summed E-state index contributed by atoms with van der Waals surface area (Å²) >= 11 is 0. The Morgan fingerprint density at radius 2 is 1.82 bits per heavy atom. The van der Waals surface area contributed by atoms with Crippen molar-refractivity contribution in [2.75, 3.05) is 25.4 Å². The number of rotatable bonds is 8. The number of nitrogens with zero attached hydrogens (tertiary/aromatic N) is 1. The Hall–Kier alpha value is -2.38. The van der Waals surface area contributed by atoms with Crippen LogP contribution in [-0.4, -0.2) is 44.1 Å². The summed E-state index contributed by atoms with van der Waals surface area (Å²) in [5.41, 5.74) is 2.74. The molecular formula is C21H26N2O4S. The van der Waals surface area contributed by atoms with Gasteiger partial charge < -0.3 is 10.1 Å². The number of fused-ring (bicyclic) bond motifs is 1. The smallest absolute Gasteiger partial charge is 0.255 e. The van der Waals surface area contributed by atoms with Gasteiger partial charge in [0.1, 0.15) is 5.75 Å². The largest absolute Gasteiger partial charge is 0.493 e. The molecule has 1 N–H and O–H groups in total. The van der Waals surface area contributed by atoms with Gasteiger partial charge in [0, 0.05) is 19.6 Å². The van der Waals surface area contributed by atoms with Crippen molar-refractivity contribution in [1.82, 2.24) is 9.62 Å². The van der Waals surface area contributed by atoms with Crippen LogP contribution in [0.1, 0.15) is 34.8 Å². The lowest BCUT2D eigenvalue weighted by Crippen LogP contribution is -2.38. The van der Waals surface area contributed by atoms with Gasteiger partial charge in [0.25, 0.3) is 5.91 Å². The van der Waals surface area contributed by atoms with Crippen LogP contribution in [0.4, 0.5) is 0 Å². The first-order valence-corrected chi connectivity index (χ1v) is 11.2. The number of carbonyl (C=O) groups is 1. The molecule has 150 valence electrons. The lowest BCUT2D eigenvalue weighted by Gasteiger charge is -2.28. The minimum atomic E-state index is -3.35. The fourth-order valence-electron chi connectivity index (χ4n) is 3.32. The molecular weight excluding hydrogens is 376 g/mol. The maximum absolute atomic E-state index is 12.6. The van der Waals surface area contributed by atoms with Gasteiger partial charge in [0.05, 0.1) is 17.9 Å². The number of ether oxygens (including phenoxy) is 1. The van der Waals surface area contributed by atoms with Crippen LogP contribution in [0.2, 0.25) is 0 Å². The maximum atomic E-state index is 12.6. The van der Waals surface area contributed by atoms with Crippen LogP contribution < -0.4 is 10.1 Å². The van der Waals surface area contributed by atoms with E-state index in [1.807, 2.05) is 31.2 Å². The van der Waals surface area contributed by atoms with Crippen LogP contribution in [-0.2, 0) is 23.0 Å². The highest BCUT2D eigenvalue weighted by atomic mass is 32.2. The van der Waals surface area contributed by atoms with E-state index >= 15 is 0 Å². The monoisotopic (exact) mass is 402 g/mol. The molecule has 0 spiro atoms. The molecule has 0 atom stereocenters. The molecule has 0 radical (unpaired) electrons. The van der Waals surface area contributed by atoms with Crippen molar-refractivity contribution in [2.45, 2.75) is 26.3 Å². The second-order valence-corrected chi connectivity index (χ2v) is 8.80. The summed E-state index contributed by atoms with van der Waals surface area (Å²) in [7, 11) is -3.35. The van der Waals surface area contributed by atoms with E-state index in [-0.39, 0.29) is 11.7 Å². The van der Waals surface area contributed by atoms with Crippen molar-refractivity contribution in [1.29, 1.82) is 0 Å². The molecule has 0 unspecified atom stereocenters. The Balaban J connectivity index is 1.50. The highest BCUT2D eigenvalue weighted by Crippen LogP contribution is 2.21. The molecule has 1 aliphatic heterocycles. The Labute approximate surface area is 166 Å². The van der Waals surface area contributed by atoms with Crippen LogP contribution in [0.5, 0.6) is 5.75 Å². The van der Waals surface area contributed by atoms with E-state index in [2.05, 4.69) is 11.4 Å². The van der Waals surface area contributed by atoms with Gasteiger partial charge in [-0.2, -0.15) is 4.31 Å². The molecule has 0 saturated heterocycles. The van der Waals surface area contributed by atoms with E-state index in [1.54, 1.807) is 22.5 Å². The molecule has 0 fully saturated rings. The lowest BCUT2D eigenvalue weighted by atomic mass is 10.0. The van der Waals surface area contributed by atoms with Crippen LogP contribution in [0, 0.1) is 0 Å². The quantitative estimate of drug-likeness (QED) is 0.689. The topological polar surface area (TPSA) is 75.7 Å². The van der Waals surface area contributed by atoms with Gasteiger partial charge in [-0.05, 0) is 43.0 Å². The number of benzene rings is 2. The second kappa shape index (κ2) is 9.21. The second-order valence-electron chi connectivity index (χ2n) is 6.71. The molecule has 0 saturated carbocycles. The Bertz CT molecular complexity index is 928. The average Bonchev–Trinajstić information content (AvgIpc) is 2.71. The molecule has 28 heavy (non-hydrogen) atoms. The first-order valence-electron chi connectivity index (χ1n) is 9.56. The third kappa shape index (κ3) is 4.91. The lowest BCUT2D eigenvalue weighted by molar-refractivity contribution is 0.0950. The van der Waals surface area contributed by atoms with Crippen LogP contribution >= 0.6 is 0 Å². The summed E-state index contributed by atoms with van der Waals surface area (Å²) in [6, 6.07) is 15.0. The average molecular weight is 403 g/mol. The molecule has 0 aliphatic carbocycles. The van der Waals surface area contributed by atoms with Crippen molar-refractivity contribution in [2.24, 2.45) is 0 Å². The molecule has 3 rings (SSSR count). The Kier molecular flexibility index (Phi) is 6.70. The van der Waals surface area contributed by atoms with E-state index in [9.17, 15) is 13.2 Å². The Morgan fingerprint density at radius 3 is 2.61 bits per heavy atom. The fourth-order valence-corrected chi connectivity index (χ4v) is 4.80. The van der Waals surface area contributed by atoms with E-state index < -0.39 is 10.0 Å².